The molecule has 0 aromatic rings. The number of carbonyl (C=O) groups is 4. The van der Waals surface area contributed by atoms with Crippen molar-refractivity contribution >= 4 is 23.9 Å². The number of hydrogen-bond acceptors (Lipinski definition) is 7. The van der Waals surface area contributed by atoms with Crippen LogP contribution in [0.5, 0.6) is 0 Å². The first-order valence-corrected chi connectivity index (χ1v) is 9.34. The second kappa shape index (κ2) is 12.3. The lowest BCUT2D eigenvalue weighted by molar-refractivity contribution is -0.149. The Balaban J connectivity index is 5.43. The summed E-state index contributed by atoms with van der Waals surface area (Å²) in [5.74, 6) is -4.40. The van der Waals surface area contributed by atoms with Gasteiger partial charge in [0.05, 0.1) is 19.6 Å². The fourth-order valence-corrected chi connectivity index (χ4v) is 3.12. The van der Waals surface area contributed by atoms with E-state index in [1.54, 1.807) is 37.5 Å². The minimum atomic E-state index is -1.18. The largest absolute Gasteiger partial charge is 0.480 e. The molecule has 11 nitrogen and oxygen atoms in total. The normalized spacial score (nSPS) is 13.1. The predicted molar refractivity (Wildman–Crippen MR) is 104 cm³/mol. The summed E-state index contributed by atoms with van der Waals surface area (Å²) in [7, 11) is 0. The molecule has 0 rings (SSSR count). The highest BCUT2D eigenvalue weighted by Crippen LogP contribution is 2.24. The molecule has 1 unspecified atom stereocenters. The minimum Gasteiger partial charge on any atom is -0.480 e. The summed E-state index contributed by atoms with van der Waals surface area (Å²) in [5.41, 5.74) is -0.653. The summed E-state index contributed by atoms with van der Waals surface area (Å²) in [6, 6.07) is -0.914. The van der Waals surface area contributed by atoms with Gasteiger partial charge in [0.2, 0.25) is 0 Å². The molecule has 0 aromatic carbocycles. The highest BCUT2D eigenvalue weighted by Gasteiger charge is 2.36. The second-order valence-corrected chi connectivity index (χ2v) is 7.90. The number of rotatable bonds is 15. The average molecular weight is 419 g/mol. The first kappa shape index (κ1) is 26.8. The Bertz CT molecular complexity index is 560. The van der Waals surface area contributed by atoms with E-state index in [1.165, 1.54) is 4.90 Å². The van der Waals surface area contributed by atoms with Gasteiger partial charge in [0.15, 0.2) is 0 Å². The first-order valence-electron chi connectivity index (χ1n) is 9.34. The molecule has 0 heterocycles. The molecule has 0 aliphatic carbocycles. The second-order valence-electron chi connectivity index (χ2n) is 7.90. The van der Waals surface area contributed by atoms with Gasteiger partial charge in [-0.3, -0.25) is 33.9 Å². The maximum absolute atomic E-state index is 11.9. The van der Waals surface area contributed by atoms with Gasteiger partial charge < -0.3 is 20.4 Å². The fourth-order valence-electron chi connectivity index (χ4n) is 3.12. The third-order valence-electron chi connectivity index (χ3n) is 4.35. The number of carboxylic acid groups (broad SMARTS) is 4. The lowest BCUT2D eigenvalue weighted by Gasteiger charge is -2.39. The quantitative estimate of drug-likeness (QED) is 0.275. The van der Waals surface area contributed by atoms with Crippen LogP contribution in [-0.4, -0.2) is 117 Å². The number of carboxylic acids is 4. The van der Waals surface area contributed by atoms with E-state index in [2.05, 4.69) is 0 Å². The molecule has 0 saturated heterocycles. The monoisotopic (exact) mass is 419 g/mol. The molecule has 0 radical (unpaired) electrons. The van der Waals surface area contributed by atoms with Crippen LogP contribution < -0.4 is 0 Å². The van der Waals surface area contributed by atoms with Crippen LogP contribution in [0.4, 0.5) is 0 Å². The zero-order chi connectivity index (χ0) is 22.8. The van der Waals surface area contributed by atoms with Crippen LogP contribution in [0.25, 0.3) is 0 Å². The molecule has 0 saturated carbocycles. The standard InChI is InChI=1S/C18H33N3O8/c1-5-19(10-13(22)23)6-8-21(16(17(28)29)18(2,3)4)9-7-20(11-14(24)25)12-15(26)27/h16H,5-12H2,1-4H3,(H,22,23)(H,24,25)(H,26,27)(H,28,29). The van der Waals surface area contributed by atoms with Gasteiger partial charge in [-0.15, -0.1) is 0 Å². The zero-order valence-electron chi connectivity index (χ0n) is 17.5. The van der Waals surface area contributed by atoms with Crippen molar-refractivity contribution in [2.75, 3.05) is 52.4 Å². The van der Waals surface area contributed by atoms with Crippen LogP contribution in [0.1, 0.15) is 27.7 Å². The van der Waals surface area contributed by atoms with Crippen molar-refractivity contribution in [2.24, 2.45) is 5.41 Å². The van der Waals surface area contributed by atoms with Crippen molar-refractivity contribution in [3.8, 4) is 0 Å². The molecule has 168 valence electrons. The van der Waals surface area contributed by atoms with Gasteiger partial charge in [-0.2, -0.15) is 0 Å². The van der Waals surface area contributed by atoms with Gasteiger partial charge in [0.25, 0.3) is 0 Å². The van der Waals surface area contributed by atoms with Crippen LogP contribution in [0.15, 0.2) is 0 Å². The molecule has 11 heteroatoms. The van der Waals surface area contributed by atoms with Crippen LogP contribution in [0.3, 0.4) is 0 Å². The fraction of sp³-hybridized carbons (Fsp3) is 0.778. The SMILES string of the molecule is CCN(CCN(CCN(CC(=O)O)CC(=O)O)C(C(=O)O)C(C)(C)C)CC(=O)O. The summed E-state index contributed by atoms with van der Waals surface area (Å²) in [6.45, 7) is 7.14. The van der Waals surface area contributed by atoms with Crippen LogP contribution in [-0.2, 0) is 19.2 Å². The summed E-state index contributed by atoms with van der Waals surface area (Å²) >= 11 is 0. The lowest BCUT2D eigenvalue weighted by atomic mass is 9.85. The van der Waals surface area contributed by atoms with Crippen LogP contribution in [0, 0.1) is 5.41 Å². The van der Waals surface area contributed by atoms with Crippen molar-refractivity contribution in [3.63, 3.8) is 0 Å². The van der Waals surface area contributed by atoms with Crippen molar-refractivity contribution in [1.29, 1.82) is 0 Å². The van der Waals surface area contributed by atoms with E-state index in [4.69, 9.17) is 15.3 Å². The van der Waals surface area contributed by atoms with Gasteiger partial charge in [-0.25, -0.2) is 0 Å². The Morgan fingerprint density at radius 3 is 1.41 bits per heavy atom. The Morgan fingerprint density at radius 2 is 1.10 bits per heavy atom. The Hall–Kier alpha value is -2.24. The van der Waals surface area contributed by atoms with Gasteiger partial charge in [-0.1, -0.05) is 27.7 Å². The predicted octanol–water partition coefficient (Wildman–Crippen LogP) is -0.335. The van der Waals surface area contributed by atoms with Crippen molar-refractivity contribution < 1.29 is 39.6 Å². The van der Waals surface area contributed by atoms with E-state index in [0.29, 0.717) is 13.1 Å². The summed E-state index contributed by atoms with van der Waals surface area (Å²) < 4.78 is 0. The maximum atomic E-state index is 11.9. The van der Waals surface area contributed by atoms with Gasteiger partial charge >= 0.3 is 23.9 Å². The Labute approximate surface area is 170 Å². The molecule has 4 N–H and O–H groups in total. The number of nitrogens with zero attached hydrogens (tertiary/aromatic N) is 3. The summed E-state index contributed by atoms with van der Waals surface area (Å²) in [5, 5.41) is 36.7. The van der Waals surface area contributed by atoms with E-state index >= 15 is 0 Å². The smallest absolute Gasteiger partial charge is 0.321 e. The topological polar surface area (TPSA) is 159 Å². The molecular formula is C18H33N3O8. The van der Waals surface area contributed by atoms with E-state index in [-0.39, 0.29) is 26.2 Å². The first-order chi connectivity index (χ1) is 13.3. The average Bonchev–Trinajstić information content (AvgIpc) is 2.52. The van der Waals surface area contributed by atoms with Crippen molar-refractivity contribution in [1.82, 2.24) is 14.7 Å². The van der Waals surface area contributed by atoms with Crippen LogP contribution in [0.2, 0.25) is 0 Å². The van der Waals surface area contributed by atoms with E-state index in [0.717, 1.165) is 0 Å². The van der Waals surface area contributed by atoms with E-state index < -0.39 is 48.4 Å². The molecule has 0 aliphatic rings. The molecule has 0 aliphatic heterocycles. The molecule has 0 amide bonds. The highest BCUT2D eigenvalue weighted by molar-refractivity contribution is 5.74. The molecule has 0 fully saturated rings. The Kier molecular flexibility index (Phi) is 11.4. The molecule has 29 heavy (non-hydrogen) atoms. The van der Waals surface area contributed by atoms with Crippen LogP contribution >= 0.6 is 0 Å². The number of aliphatic carboxylic acids is 4. The van der Waals surface area contributed by atoms with Gasteiger partial charge in [0.1, 0.15) is 6.04 Å². The van der Waals surface area contributed by atoms with Crippen molar-refractivity contribution in [3.05, 3.63) is 0 Å². The zero-order valence-corrected chi connectivity index (χ0v) is 17.5. The van der Waals surface area contributed by atoms with E-state index in [9.17, 15) is 24.3 Å². The number of hydrogen-bond donors (Lipinski definition) is 4. The van der Waals surface area contributed by atoms with Gasteiger partial charge in [-0.05, 0) is 12.0 Å². The van der Waals surface area contributed by atoms with E-state index in [1.807, 2.05) is 0 Å². The molecule has 1 atom stereocenters. The lowest BCUT2D eigenvalue weighted by Crippen LogP contribution is -2.54. The minimum absolute atomic E-state index is 0.0452. The third kappa shape index (κ3) is 11.4. The van der Waals surface area contributed by atoms with Crippen molar-refractivity contribution in [2.45, 2.75) is 33.7 Å². The summed E-state index contributed by atoms with van der Waals surface area (Å²) in [4.78, 5) is 49.4. The number of likely N-dealkylation sites (N-methyl/N-ethyl adjacent to an activating group) is 1. The summed E-state index contributed by atoms with van der Waals surface area (Å²) in [6.07, 6.45) is 0. The molecular weight excluding hydrogens is 386 g/mol. The molecule has 0 spiro atoms. The molecule has 0 aromatic heterocycles. The Morgan fingerprint density at radius 1 is 0.724 bits per heavy atom. The maximum Gasteiger partial charge on any atom is 0.321 e. The van der Waals surface area contributed by atoms with Gasteiger partial charge in [0, 0.05) is 26.2 Å². The highest BCUT2D eigenvalue weighted by atomic mass is 16.4. The molecule has 0 bridgehead atoms. The third-order valence-corrected chi connectivity index (χ3v) is 4.35.